The van der Waals surface area contributed by atoms with Crippen LogP contribution < -0.4 is 19.7 Å². The lowest BCUT2D eigenvalue weighted by molar-refractivity contribution is 0.0988. The molecule has 0 aliphatic heterocycles. The summed E-state index contributed by atoms with van der Waals surface area (Å²) >= 11 is 0. The number of amides is 1. The summed E-state index contributed by atoms with van der Waals surface area (Å²) in [6.07, 6.45) is 1.54. The second-order valence-electron chi connectivity index (χ2n) is 5.66. The number of hydrogen-bond donors (Lipinski definition) is 1. The minimum Gasteiger partial charge on any atom is -0.497 e. The van der Waals surface area contributed by atoms with Crippen LogP contribution >= 0.6 is 0 Å². The molecular weight excluding hydrogens is 344 g/mol. The standard InChI is InChI=1S/C20H20N4O3/c1-24(14-7-5-4-6-8-14)19(25)17-11-12-21-20(23-17)22-16-10-9-15(26-2)13-18(16)27-3/h4-13H,1-3H3,(H,21,22,23). The van der Waals surface area contributed by atoms with Gasteiger partial charge in [0.2, 0.25) is 5.95 Å². The molecule has 1 aromatic heterocycles. The van der Waals surface area contributed by atoms with Crippen LogP contribution in [-0.4, -0.2) is 37.1 Å². The molecule has 0 radical (unpaired) electrons. The number of carbonyl (C=O) groups is 1. The van der Waals surface area contributed by atoms with Crippen molar-refractivity contribution in [3.05, 3.63) is 66.5 Å². The van der Waals surface area contributed by atoms with Gasteiger partial charge in [-0.05, 0) is 30.3 Å². The third kappa shape index (κ3) is 4.14. The average Bonchev–Trinajstić information content (AvgIpc) is 2.73. The number of hydrogen-bond acceptors (Lipinski definition) is 6. The Bertz CT molecular complexity index is 932. The fraction of sp³-hybridized carbons (Fsp3) is 0.150. The third-order valence-electron chi connectivity index (χ3n) is 3.98. The van der Waals surface area contributed by atoms with Gasteiger partial charge in [0.25, 0.3) is 5.91 Å². The fourth-order valence-corrected chi connectivity index (χ4v) is 2.50. The first-order valence-electron chi connectivity index (χ1n) is 8.27. The Balaban J connectivity index is 1.83. The van der Waals surface area contributed by atoms with Crippen molar-refractivity contribution in [3.63, 3.8) is 0 Å². The van der Waals surface area contributed by atoms with E-state index in [1.165, 1.54) is 6.20 Å². The minimum absolute atomic E-state index is 0.228. The van der Waals surface area contributed by atoms with Gasteiger partial charge >= 0.3 is 0 Å². The van der Waals surface area contributed by atoms with Crippen molar-refractivity contribution in [2.75, 3.05) is 31.5 Å². The molecule has 0 saturated carbocycles. The van der Waals surface area contributed by atoms with Gasteiger partial charge in [0.1, 0.15) is 17.2 Å². The van der Waals surface area contributed by atoms with E-state index in [0.29, 0.717) is 23.1 Å². The SMILES string of the molecule is COc1ccc(Nc2nccc(C(=O)N(C)c3ccccc3)n2)c(OC)c1. The lowest BCUT2D eigenvalue weighted by atomic mass is 10.2. The van der Waals surface area contributed by atoms with Crippen LogP contribution in [0.3, 0.4) is 0 Å². The maximum absolute atomic E-state index is 12.7. The van der Waals surface area contributed by atoms with Crippen molar-refractivity contribution in [1.29, 1.82) is 0 Å². The number of methoxy groups -OCH3 is 2. The van der Waals surface area contributed by atoms with Crippen molar-refractivity contribution in [2.45, 2.75) is 0 Å². The van der Waals surface area contributed by atoms with E-state index in [0.717, 1.165) is 5.69 Å². The zero-order valence-electron chi connectivity index (χ0n) is 15.3. The number of rotatable bonds is 6. The molecule has 1 N–H and O–H groups in total. The topological polar surface area (TPSA) is 76.6 Å². The molecule has 7 heteroatoms. The molecule has 0 saturated heterocycles. The van der Waals surface area contributed by atoms with Gasteiger partial charge in [-0.3, -0.25) is 4.79 Å². The molecule has 0 unspecified atom stereocenters. The molecule has 138 valence electrons. The zero-order chi connectivity index (χ0) is 19.2. The predicted molar refractivity (Wildman–Crippen MR) is 104 cm³/mol. The van der Waals surface area contributed by atoms with Crippen LogP contribution in [0.5, 0.6) is 11.5 Å². The van der Waals surface area contributed by atoms with Gasteiger partial charge in [-0.2, -0.15) is 0 Å². The summed E-state index contributed by atoms with van der Waals surface area (Å²) in [4.78, 5) is 22.8. The molecule has 27 heavy (non-hydrogen) atoms. The van der Waals surface area contributed by atoms with E-state index in [9.17, 15) is 4.79 Å². The second-order valence-corrected chi connectivity index (χ2v) is 5.66. The van der Waals surface area contributed by atoms with Crippen molar-refractivity contribution >= 4 is 23.2 Å². The Morgan fingerprint density at radius 2 is 1.81 bits per heavy atom. The number of ether oxygens (including phenoxy) is 2. The summed E-state index contributed by atoms with van der Waals surface area (Å²) in [6, 6.07) is 16.3. The quantitative estimate of drug-likeness (QED) is 0.721. The summed E-state index contributed by atoms with van der Waals surface area (Å²) < 4.78 is 10.6. The molecule has 0 spiro atoms. The van der Waals surface area contributed by atoms with Gasteiger partial charge in [0, 0.05) is 25.0 Å². The van der Waals surface area contributed by atoms with E-state index >= 15 is 0 Å². The Labute approximate surface area is 157 Å². The zero-order valence-corrected chi connectivity index (χ0v) is 15.3. The lowest BCUT2D eigenvalue weighted by Crippen LogP contribution is -2.27. The second kappa shape index (κ2) is 8.18. The number of nitrogens with zero attached hydrogens (tertiary/aromatic N) is 3. The van der Waals surface area contributed by atoms with E-state index in [4.69, 9.17) is 9.47 Å². The summed E-state index contributed by atoms with van der Waals surface area (Å²) in [6.45, 7) is 0. The van der Waals surface area contributed by atoms with Crippen molar-refractivity contribution in [2.24, 2.45) is 0 Å². The van der Waals surface area contributed by atoms with Crippen LogP contribution in [-0.2, 0) is 0 Å². The number of anilines is 3. The third-order valence-corrected chi connectivity index (χ3v) is 3.98. The summed E-state index contributed by atoms with van der Waals surface area (Å²) in [5.41, 5.74) is 1.73. The molecule has 0 fully saturated rings. The van der Waals surface area contributed by atoms with Crippen LogP contribution in [0.2, 0.25) is 0 Å². The van der Waals surface area contributed by atoms with Gasteiger partial charge in [-0.1, -0.05) is 18.2 Å². The highest BCUT2D eigenvalue weighted by Gasteiger charge is 2.16. The van der Waals surface area contributed by atoms with Crippen LogP contribution in [0.4, 0.5) is 17.3 Å². The van der Waals surface area contributed by atoms with E-state index in [1.807, 2.05) is 30.3 Å². The first kappa shape index (κ1) is 18.2. The predicted octanol–water partition coefficient (Wildman–Crippen LogP) is 3.51. The van der Waals surface area contributed by atoms with E-state index < -0.39 is 0 Å². The summed E-state index contributed by atoms with van der Waals surface area (Å²) in [7, 11) is 4.86. The number of para-hydroxylation sites is 1. The van der Waals surface area contributed by atoms with Gasteiger partial charge in [0.05, 0.1) is 19.9 Å². The molecule has 1 amide bonds. The first-order valence-corrected chi connectivity index (χ1v) is 8.27. The highest BCUT2D eigenvalue weighted by atomic mass is 16.5. The minimum atomic E-state index is -0.228. The highest BCUT2D eigenvalue weighted by Crippen LogP contribution is 2.30. The van der Waals surface area contributed by atoms with Crippen molar-refractivity contribution < 1.29 is 14.3 Å². The molecule has 2 aromatic carbocycles. The summed E-state index contributed by atoms with van der Waals surface area (Å²) in [5.74, 6) is 1.32. The van der Waals surface area contributed by atoms with Crippen LogP contribution in [0.1, 0.15) is 10.5 Å². The smallest absolute Gasteiger partial charge is 0.276 e. The van der Waals surface area contributed by atoms with Gasteiger partial charge < -0.3 is 19.7 Å². The lowest BCUT2D eigenvalue weighted by Gasteiger charge is -2.17. The average molecular weight is 364 g/mol. The van der Waals surface area contributed by atoms with E-state index in [1.54, 1.807) is 50.4 Å². The monoisotopic (exact) mass is 364 g/mol. The van der Waals surface area contributed by atoms with Gasteiger partial charge in [-0.15, -0.1) is 0 Å². The van der Waals surface area contributed by atoms with Crippen molar-refractivity contribution in [3.8, 4) is 11.5 Å². The number of nitrogens with one attached hydrogen (secondary N) is 1. The summed E-state index contributed by atoms with van der Waals surface area (Å²) in [5, 5.41) is 3.08. The fourth-order valence-electron chi connectivity index (χ4n) is 2.50. The number of carbonyl (C=O) groups excluding carboxylic acids is 1. The molecule has 0 aliphatic carbocycles. The Morgan fingerprint density at radius 3 is 2.52 bits per heavy atom. The van der Waals surface area contributed by atoms with Gasteiger partial charge in [0.15, 0.2) is 0 Å². The molecule has 3 aromatic rings. The molecule has 0 atom stereocenters. The first-order chi connectivity index (χ1) is 13.1. The highest BCUT2D eigenvalue weighted by molar-refractivity contribution is 6.04. The van der Waals surface area contributed by atoms with Crippen LogP contribution in [0.25, 0.3) is 0 Å². The largest absolute Gasteiger partial charge is 0.497 e. The Morgan fingerprint density at radius 1 is 1.04 bits per heavy atom. The van der Waals surface area contributed by atoms with Crippen molar-refractivity contribution in [1.82, 2.24) is 9.97 Å². The van der Waals surface area contributed by atoms with Crippen LogP contribution in [0, 0.1) is 0 Å². The van der Waals surface area contributed by atoms with Gasteiger partial charge in [-0.25, -0.2) is 9.97 Å². The maximum Gasteiger partial charge on any atom is 0.276 e. The molecule has 3 rings (SSSR count). The molecule has 0 aliphatic rings. The maximum atomic E-state index is 12.7. The molecule has 1 heterocycles. The number of aromatic nitrogens is 2. The molecule has 7 nitrogen and oxygen atoms in total. The Kier molecular flexibility index (Phi) is 5.51. The molecular formula is C20H20N4O3. The Hall–Kier alpha value is -3.61. The number of benzene rings is 2. The van der Waals surface area contributed by atoms with Crippen LogP contribution in [0.15, 0.2) is 60.8 Å². The van der Waals surface area contributed by atoms with E-state index in [-0.39, 0.29) is 11.6 Å². The normalized spacial score (nSPS) is 10.2. The van der Waals surface area contributed by atoms with E-state index in [2.05, 4.69) is 15.3 Å². The molecule has 0 bridgehead atoms.